The molecule has 0 aromatic heterocycles. The second-order valence-electron chi connectivity index (χ2n) is 3.86. The van der Waals surface area contributed by atoms with E-state index in [0.29, 0.717) is 5.54 Å². The van der Waals surface area contributed by atoms with Gasteiger partial charge in [0.15, 0.2) is 0 Å². The third-order valence-corrected chi connectivity index (χ3v) is 3.40. The van der Waals surface area contributed by atoms with Crippen LogP contribution in [0.15, 0.2) is 0 Å². The van der Waals surface area contributed by atoms with Gasteiger partial charge in [0.25, 0.3) is 0 Å². The minimum atomic E-state index is 0. The summed E-state index contributed by atoms with van der Waals surface area (Å²) in [5, 5.41) is 3.46. The van der Waals surface area contributed by atoms with Gasteiger partial charge in [0.2, 0.25) is 0 Å². The maximum atomic E-state index is 3.46. The normalized spacial score (nSPS) is 41.2. The molecule has 1 aliphatic carbocycles. The molecule has 0 radical (unpaired) electrons. The summed E-state index contributed by atoms with van der Waals surface area (Å²) >= 11 is 0. The van der Waals surface area contributed by atoms with Gasteiger partial charge in [-0.1, -0.05) is 0 Å². The van der Waals surface area contributed by atoms with Gasteiger partial charge < -0.3 is 10.2 Å². The minimum Gasteiger partial charge on any atom is -0.315 e. The van der Waals surface area contributed by atoms with Crippen molar-refractivity contribution in [2.45, 2.75) is 18.4 Å². The maximum absolute atomic E-state index is 3.46. The van der Waals surface area contributed by atoms with E-state index < -0.39 is 0 Å². The summed E-state index contributed by atoms with van der Waals surface area (Å²) < 4.78 is 0. The molecule has 3 heteroatoms. The third-order valence-electron chi connectivity index (χ3n) is 3.40. The Labute approximate surface area is 74.7 Å². The molecule has 1 aliphatic heterocycles. The number of nitrogens with zero attached hydrogens (tertiary/aromatic N) is 1. The van der Waals surface area contributed by atoms with Crippen molar-refractivity contribution in [3.05, 3.63) is 0 Å². The number of nitrogens with one attached hydrogen (secondary N) is 1. The smallest absolute Gasteiger partial charge is 0.0368 e. The van der Waals surface area contributed by atoms with E-state index in [2.05, 4.69) is 24.3 Å². The van der Waals surface area contributed by atoms with Crippen LogP contribution in [0.3, 0.4) is 0 Å². The molecule has 0 aromatic carbocycles. The molecule has 0 aromatic rings. The Balaban J connectivity index is 0.000000605. The Morgan fingerprint density at radius 2 is 2.18 bits per heavy atom. The van der Waals surface area contributed by atoms with Crippen molar-refractivity contribution in [2.24, 2.45) is 5.92 Å². The summed E-state index contributed by atoms with van der Waals surface area (Å²) in [7, 11) is 4.42. The van der Waals surface area contributed by atoms with Crippen molar-refractivity contribution in [1.29, 1.82) is 0 Å². The van der Waals surface area contributed by atoms with Gasteiger partial charge in [-0.2, -0.15) is 0 Å². The average Bonchev–Trinajstić information content (AvgIpc) is 2.09. The van der Waals surface area contributed by atoms with E-state index in [1.165, 1.54) is 25.9 Å². The van der Waals surface area contributed by atoms with Crippen LogP contribution in [-0.4, -0.2) is 37.6 Å². The molecule has 2 atom stereocenters. The van der Waals surface area contributed by atoms with Crippen molar-refractivity contribution in [1.82, 2.24) is 10.2 Å². The summed E-state index contributed by atoms with van der Waals surface area (Å²) in [4.78, 5) is 2.40. The maximum Gasteiger partial charge on any atom is 0.0368 e. The summed E-state index contributed by atoms with van der Waals surface area (Å²) in [6.45, 7) is 2.46. The van der Waals surface area contributed by atoms with Gasteiger partial charge in [-0.05, 0) is 39.4 Å². The topological polar surface area (TPSA) is 15.3 Å². The predicted octanol–water partition coefficient (Wildman–Crippen LogP) is 0.722. The molecule has 11 heavy (non-hydrogen) atoms. The lowest BCUT2D eigenvalue weighted by molar-refractivity contribution is 0.0296. The average molecular weight is 177 g/mol. The first-order valence-electron chi connectivity index (χ1n) is 4.14. The molecule has 1 N–H and O–H groups in total. The van der Waals surface area contributed by atoms with E-state index >= 15 is 0 Å². The molecule has 1 saturated heterocycles. The second-order valence-corrected chi connectivity index (χ2v) is 3.86. The SMILES string of the molecule is CN(C)C12CCC1CNC2.Cl. The number of hydrogen-bond donors (Lipinski definition) is 1. The van der Waals surface area contributed by atoms with Crippen LogP contribution < -0.4 is 5.32 Å². The lowest BCUT2D eigenvalue weighted by atomic mass is 9.68. The highest BCUT2D eigenvalue weighted by Crippen LogP contribution is 2.44. The van der Waals surface area contributed by atoms with Crippen LogP contribution in [0, 0.1) is 5.92 Å². The molecule has 2 unspecified atom stereocenters. The Morgan fingerprint density at radius 1 is 1.45 bits per heavy atom. The summed E-state index contributed by atoms with van der Waals surface area (Å²) in [5.41, 5.74) is 0.556. The molecular weight excluding hydrogens is 160 g/mol. The number of rotatable bonds is 1. The Hall–Kier alpha value is 0.210. The molecule has 2 rings (SSSR count). The summed E-state index contributed by atoms with van der Waals surface area (Å²) in [5.74, 6) is 0.947. The highest BCUT2D eigenvalue weighted by Gasteiger charge is 2.51. The zero-order valence-corrected chi connectivity index (χ0v) is 8.08. The standard InChI is InChI=1S/C8H16N2.ClH/c1-10(2)8-4-3-7(8)5-9-6-8;/h7,9H,3-6H2,1-2H3;1H. The summed E-state index contributed by atoms with van der Waals surface area (Å²) in [6.07, 6.45) is 2.84. The first-order valence-corrected chi connectivity index (χ1v) is 4.14. The van der Waals surface area contributed by atoms with Crippen molar-refractivity contribution in [3.8, 4) is 0 Å². The van der Waals surface area contributed by atoms with Gasteiger partial charge in [0.1, 0.15) is 0 Å². The molecule has 2 nitrogen and oxygen atoms in total. The van der Waals surface area contributed by atoms with E-state index in [9.17, 15) is 0 Å². The van der Waals surface area contributed by atoms with Crippen LogP contribution in [0.2, 0.25) is 0 Å². The molecule has 0 spiro atoms. The van der Waals surface area contributed by atoms with Crippen LogP contribution in [0.25, 0.3) is 0 Å². The fourth-order valence-corrected chi connectivity index (χ4v) is 2.42. The Morgan fingerprint density at radius 3 is 2.45 bits per heavy atom. The molecule has 0 amide bonds. The lowest BCUT2D eigenvalue weighted by Crippen LogP contribution is -2.57. The predicted molar refractivity (Wildman–Crippen MR) is 49.3 cm³/mol. The zero-order valence-electron chi connectivity index (χ0n) is 7.26. The number of hydrogen-bond acceptors (Lipinski definition) is 2. The van der Waals surface area contributed by atoms with Crippen molar-refractivity contribution in [3.63, 3.8) is 0 Å². The van der Waals surface area contributed by atoms with Crippen molar-refractivity contribution < 1.29 is 0 Å². The highest BCUT2D eigenvalue weighted by molar-refractivity contribution is 5.85. The minimum absolute atomic E-state index is 0. The van der Waals surface area contributed by atoms with Crippen molar-refractivity contribution in [2.75, 3.05) is 27.2 Å². The second kappa shape index (κ2) is 2.92. The van der Waals surface area contributed by atoms with Gasteiger partial charge in [-0.3, -0.25) is 0 Å². The van der Waals surface area contributed by atoms with Crippen LogP contribution in [0.1, 0.15) is 12.8 Å². The zero-order chi connectivity index (χ0) is 7.19. The molecular formula is C8H17ClN2. The first kappa shape index (κ1) is 9.30. The quantitative estimate of drug-likeness (QED) is 0.634. The fraction of sp³-hybridized carbons (Fsp3) is 1.00. The lowest BCUT2D eigenvalue weighted by Gasteiger charge is -2.49. The molecule has 2 fully saturated rings. The van der Waals surface area contributed by atoms with Gasteiger partial charge in [0, 0.05) is 12.1 Å². The monoisotopic (exact) mass is 176 g/mol. The van der Waals surface area contributed by atoms with Gasteiger partial charge in [-0.25, -0.2) is 0 Å². The van der Waals surface area contributed by atoms with Gasteiger partial charge in [-0.15, -0.1) is 12.4 Å². The van der Waals surface area contributed by atoms with Crippen LogP contribution in [0.4, 0.5) is 0 Å². The summed E-state index contributed by atoms with van der Waals surface area (Å²) in [6, 6.07) is 0. The molecule has 1 heterocycles. The number of likely N-dealkylation sites (N-methyl/N-ethyl adjacent to an activating group) is 1. The molecule has 2 aliphatic rings. The van der Waals surface area contributed by atoms with E-state index in [-0.39, 0.29) is 12.4 Å². The Bertz CT molecular complexity index is 149. The molecule has 66 valence electrons. The van der Waals surface area contributed by atoms with Crippen LogP contribution in [0.5, 0.6) is 0 Å². The number of halogens is 1. The Kier molecular flexibility index (Phi) is 2.47. The van der Waals surface area contributed by atoms with Crippen molar-refractivity contribution >= 4 is 12.4 Å². The third kappa shape index (κ3) is 1.08. The molecule has 0 bridgehead atoms. The number of fused-ring (bicyclic) bond motifs is 1. The van der Waals surface area contributed by atoms with Crippen LogP contribution >= 0.6 is 12.4 Å². The van der Waals surface area contributed by atoms with E-state index in [0.717, 1.165) is 5.92 Å². The van der Waals surface area contributed by atoms with E-state index in [1.807, 2.05) is 0 Å². The van der Waals surface area contributed by atoms with E-state index in [1.54, 1.807) is 0 Å². The first-order chi connectivity index (χ1) is 4.76. The van der Waals surface area contributed by atoms with Gasteiger partial charge in [0.05, 0.1) is 0 Å². The van der Waals surface area contributed by atoms with Gasteiger partial charge >= 0.3 is 0 Å². The van der Waals surface area contributed by atoms with Crippen LogP contribution in [-0.2, 0) is 0 Å². The highest BCUT2D eigenvalue weighted by atomic mass is 35.5. The van der Waals surface area contributed by atoms with E-state index in [4.69, 9.17) is 0 Å². The fourth-order valence-electron chi connectivity index (χ4n) is 2.42. The molecule has 1 saturated carbocycles. The largest absolute Gasteiger partial charge is 0.315 e.